The van der Waals surface area contributed by atoms with Crippen molar-refractivity contribution in [1.29, 1.82) is 0 Å². The molecule has 2 heterocycles. The van der Waals surface area contributed by atoms with Crippen molar-refractivity contribution in [3.8, 4) is 0 Å². The van der Waals surface area contributed by atoms with E-state index in [1.54, 1.807) is 0 Å². The maximum Gasteiger partial charge on any atom is 0.122 e. The van der Waals surface area contributed by atoms with E-state index in [2.05, 4.69) is 40.8 Å². The fourth-order valence-electron chi connectivity index (χ4n) is 2.42. The first-order valence-electron chi connectivity index (χ1n) is 6.05. The summed E-state index contributed by atoms with van der Waals surface area (Å²) < 4.78 is 2.09. The highest BCUT2D eigenvalue weighted by molar-refractivity contribution is 4.91. The first kappa shape index (κ1) is 11.6. The zero-order valence-corrected chi connectivity index (χ0v) is 10.5. The molecule has 0 radical (unpaired) electrons. The molecule has 1 aliphatic rings. The van der Waals surface area contributed by atoms with Crippen LogP contribution in [0.3, 0.4) is 0 Å². The molecule has 0 aromatic carbocycles. The molecule has 0 spiro atoms. The van der Waals surface area contributed by atoms with Crippen LogP contribution in [0.2, 0.25) is 0 Å². The van der Waals surface area contributed by atoms with Gasteiger partial charge in [0.2, 0.25) is 0 Å². The van der Waals surface area contributed by atoms with E-state index in [0.717, 1.165) is 24.8 Å². The molecule has 1 fully saturated rings. The predicted molar refractivity (Wildman–Crippen MR) is 65.1 cm³/mol. The zero-order valence-electron chi connectivity index (χ0n) is 10.5. The van der Waals surface area contributed by atoms with E-state index < -0.39 is 0 Å². The third-order valence-corrected chi connectivity index (χ3v) is 3.57. The van der Waals surface area contributed by atoms with Crippen LogP contribution in [0, 0.1) is 5.92 Å². The Kier molecular flexibility index (Phi) is 3.61. The molecule has 4 nitrogen and oxygen atoms in total. The molecule has 1 saturated heterocycles. The van der Waals surface area contributed by atoms with Crippen LogP contribution in [0.5, 0.6) is 0 Å². The summed E-state index contributed by atoms with van der Waals surface area (Å²) in [6, 6.07) is 0.656. The lowest BCUT2D eigenvalue weighted by Crippen LogP contribution is -2.32. The quantitative estimate of drug-likeness (QED) is 0.820. The fraction of sp³-hybridized carbons (Fsp3) is 0.750. The number of nitrogens with one attached hydrogen (secondary N) is 1. The van der Waals surface area contributed by atoms with Crippen molar-refractivity contribution < 1.29 is 0 Å². The Morgan fingerprint density at radius 1 is 1.62 bits per heavy atom. The Labute approximate surface area is 97.7 Å². The van der Waals surface area contributed by atoms with Crippen molar-refractivity contribution in [1.82, 2.24) is 19.8 Å². The molecule has 2 atom stereocenters. The van der Waals surface area contributed by atoms with Gasteiger partial charge in [0.15, 0.2) is 0 Å². The largest absolute Gasteiger partial charge is 0.337 e. The summed E-state index contributed by atoms with van der Waals surface area (Å²) in [7, 11) is 4.23. The maximum absolute atomic E-state index is 4.36. The number of imidazole rings is 1. The number of hydrogen-bond acceptors (Lipinski definition) is 3. The van der Waals surface area contributed by atoms with Crippen molar-refractivity contribution in [2.75, 3.05) is 20.1 Å². The average Bonchev–Trinajstić information content (AvgIpc) is 2.79. The number of aryl methyl sites for hydroxylation is 1. The van der Waals surface area contributed by atoms with E-state index in [-0.39, 0.29) is 0 Å². The minimum Gasteiger partial charge on any atom is -0.337 e. The standard InChI is InChI=1S/C12H22N4/c1-10-11(4-5-13-10)8-15(2)9-12-14-6-7-16(12)3/h6-7,10-11,13H,4-5,8-9H2,1-3H3. The van der Waals surface area contributed by atoms with Crippen LogP contribution in [0.1, 0.15) is 19.2 Å². The van der Waals surface area contributed by atoms with Gasteiger partial charge in [-0.05, 0) is 32.9 Å². The van der Waals surface area contributed by atoms with Crippen molar-refractivity contribution >= 4 is 0 Å². The molecule has 90 valence electrons. The van der Waals surface area contributed by atoms with Crippen LogP contribution in [-0.2, 0) is 13.6 Å². The highest BCUT2D eigenvalue weighted by Crippen LogP contribution is 2.16. The Hall–Kier alpha value is -0.870. The molecule has 1 aromatic heterocycles. The number of rotatable bonds is 4. The first-order valence-corrected chi connectivity index (χ1v) is 6.05. The molecule has 0 amide bonds. The van der Waals surface area contributed by atoms with E-state index in [0.29, 0.717) is 6.04 Å². The predicted octanol–water partition coefficient (Wildman–Crippen LogP) is 0.850. The summed E-state index contributed by atoms with van der Waals surface area (Å²) >= 11 is 0. The number of aromatic nitrogens is 2. The van der Waals surface area contributed by atoms with Gasteiger partial charge in [-0.25, -0.2) is 4.98 Å². The Balaban J connectivity index is 1.84. The molecule has 0 bridgehead atoms. The molecule has 1 aliphatic heterocycles. The smallest absolute Gasteiger partial charge is 0.122 e. The normalized spacial score (nSPS) is 25.5. The second-order valence-electron chi connectivity index (χ2n) is 4.94. The van der Waals surface area contributed by atoms with Gasteiger partial charge in [0.25, 0.3) is 0 Å². The number of hydrogen-bond donors (Lipinski definition) is 1. The Morgan fingerprint density at radius 2 is 2.44 bits per heavy atom. The molecule has 2 unspecified atom stereocenters. The third kappa shape index (κ3) is 2.62. The molecule has 4 heteroatoms. The van der Waals surface area contributed by atoms with Gasteiger partial charge in [-0.2, -0.15) is 0 Å². The van der Waals surface area contributed by atoms with Gasteiger partial charge in [-0.3, -0.25) is 4.90 Å². The summed E-state index contributed by atoms with van der Waals surface area (Å²) in [4.78, 5) is 6.73. The van der Waals surface area contributed by atoms with Crippen LogP contribution in [0.25, 0.3) is 0 Å². The SMILES string of the molecule is CC1NCCC1CN(C)Cc1nccn1C. The third-order valence-electron chi connectivity index (χ3n) is 3.57. The van der Waals surface area contributed by atoms with Gasteiger partial charge < -0.3 is 9.88 Å². The van der Waals surface area contributed by atoms with Gasteiger partial charge in [0, 0.05) is 32.0 Å². The Morgan fingerprint density at radius 3 is 3.00 bits per heavy atom. The molecule has 1 N–H and O–H groups in total. The highest BCUT2D eigenvalue weighted by Gasteiger charge is 2.23. The van der Waals surface area contributed by atoms with E-state index in [4.69, 9.17) is 0 Å². The topological polar surface area (TPSA) is 33.1 Å². The summed E-state index contributed by atoms with van der Waals surface area (Å²) in [5, 5.41) is 3.50. The monoisotopic (exact) mass is 222 g/mol. The zero-order chi connectivity index (χ0) is 11.5. The van der Waals surface area contributed by atoms with Gasteiger partial charge in [-0.15, -0.1) is 0 Å². The molecular weight excluding hydrogens is 200 g/mol. The minimum atomic E-state index is 0.656. The van der Waals surface area contributed by atoms with Gasteiger partial charge in [0.05, 0.1) is 6.54 Å². The summed E-state index contributed by atoms with van der Waals surface area (Å²) in [5.41, 5.74) is 0. The molecular formula is C12H22N4. The minimum absolute atomic E-state index is 0.656. The average molecular weight is 222 g/mol. The molecule has 0 aliphatic carbocycles. The van der Waals surface area contributed by atoms with E-state index in [1.807, 2.05) is 12.4 Å². The lowest BCUT2D eigenvalue weighted by Gasteiger charge is -2.23. The van der Waals surface area contributed by atoms with Crippen molar-refractivity contribution in [3.05, 3.63) is 18.2 Å². The van der Waals surface area contributed by atoms with Crippen LogP contribution >= 0.6 is 0 Å². The lowest BCUT2D eigenvalue weighted by atomic mass is 10.0. The molecule has 1 aromatic rings. The second-order valence-corrected chi connectivity index (χ2v) is 4.94. The highest BCUT2D eigenvalue weighted by atomic mass is 15.2. The molecule has 0 saturated carbocycles. The van der Waals surface area contributed by atoms with E-state index >= 15 is 0 Å². The van der Waals surface area contributed by atoms with Gasteiger partial charge >= 0.3 is 0 Å². The number of nitrogens with zero attached hydrogens (tertiary/aromatic N) is 3. The van der Waals surface area contributed by atoms with Gasteiger partial charge in [0.1, 0.15) is 5.82 Å². The van der Waals surface area contributed by atoms with Crippen LogP contribution in [-0.4, -0.2) is 40.6 Å². The second kappa shape index (κ2) is 4.97. The molecule has 2 rings (SSSR count). The maximum atomic E-state index is 4.36. The summed E-state index contributed by atoms with van der Waals surface area (Å²) in [5.74, 6) is 1.92. The van der Waals surface area contributed by atoms with E-state index in [1.165, 1.54) is 13.0 Å². The van der Waals surface area contributed by atoms with Crippen LogP contribution < -0.4 is 5.32 Å². The first-order chi connectivity index (χ1) is 7.66. The molecule has 16 heavy (non-hydrogen) atoms. The van der Waals surface area contributed by atoms with Crippen molar-refractivity contribution in [2.24, 2.45) is 13.0 Å². The van der Waals surface area contributed by atoms with Crippen LogP contribution in [0.4, 0.5) is 0 Å². The van der Waals surface area contributed by atoms with Gasteiger partial charge in [-0.1, -0.05) is 0 Å². The Bertz CT molecular complexity index is 334. The summed E-state index contributed by atoms with van der Waals surface area (Å²) in [6.45, 7) is 5.54. The van der Waals surface area contributed by atoms with Crippen molar-refractivity contribution in [3.63, 3.8) is 0 Å². The summed E-state index contributed by atoms with van der Waals surface area (Å²) in [6.07, 6.45) is 5.16. The fourth-order valence-corrected chi connectivity index (χ4v) is 2.42. The lowest BCUT2D eigenvalue weighted by molar-refractivity contribution is 0.252. The van der Waals surface area contributed by atoms with Crippen molar-refractivity contribution in [2.45, 2.75) is 25.9 Å². The van der Waals surface area contributed by atoms with Crippen LogP contribution in [0.15, 0.2) is 12.4 Å². The van der Waals surface area contributed by atoms with E-state index in [9.17, 15) is 0 Å².